The third-order valence-corrected chi connectivity index (χ3v) is 2.91. The standard InChI is InChI=1S/C10H14N3O5/c1-12-8(14)7(11-9(12)15)6-5-18-10(16)13(6)3-4-17-2/h7H,3-5H2,1-2H3,(H,11,15). The summed E-state index contributed by atoms with van der Waals surface area (Å²) < 4.78 is 9.77. The topological polar surface area (TPSA) is 88.2 Å². The molecule has 8 heteroatoms. The Morgan fingerprint density at radius 2 is 2.17 bits per heavy atom. The van der Waals surface area contributed by atoms with Gasteiger partial charge in [0, 0.05) is 20.7 Å². The van der Waals surface area contributed by atoms with Crippen LogP contribution in [-0.2, 0) is 14.3 Å². The summed E-state index contributed by atoms with van der Waals surface area (Å²) in [6.45, 7) is 0.615. The molecule has 2 heterocycles. The number of ether oxygens (including phenoxy) is 2. The van der Waals surface area contributed by atoms with Crippen LogP contribution in [0.15, 0.2) is 0 Å². The number of hydrogen-bond donors (Lipinski definition) is 1. The summed E-state index contributed by atoms with van der Waals surface area (Å²) in [5.74, 6) is -0.393. The van der Waals surface area contributed by atoms with Crippen LogP contribution < -0.4 is 5.32 Å². The molecule has 18 heavy (non-hydrogen) atoms. The van der Waals surface area contributed by atoms with Gasteiger partial charge >= 0.3 is 12.1 Å². The maximum Gasteiger partial charge on any atom is 0.410 e. The van der Waals surface area contributed by atoms with E-state index in [0.29, 0.717) is 12.6 Å². The van der Waals surface area contributed by atoms with Crippen LogP contribution in [-0.4, -0.2) is 67.8 Å². The third-order valence-electron chi connectivity index (χ3n) is 2.91. The average molecular weight is 256 g/mol. The summed E-state index contributed by atoms with van der Waals surface area (Å²) in [6.07, 6.45) is -0.529. The molecule has 2 fully saturated rings. The van der Waals surface area contributed by atoms with Crippen molar-refractivity contribution in [1.82, 2.24) is 15.1 Å². The Kier molecular flexibility index (Phi) is 3.37. The molecule has 0 bridgehead atoms. The molecule has 2 aliphatic heterocycles. The van der Waals surface area contributed by atoms with E-state index >= 15 is 0 Å². The number of carbonyl (C=O) groups is 3. The first kappa shape index (κ1) is 12.6. The number of nitrogens with zero attached hydrogens (tertiary/aromatic N) is 2. The van der Waals surface area contributed by atoms with Crippen LogP contribution in [0.2, 0.25) is 0 Å². The zero-order chi connectivity index (χ0) is 13.3. The second-order valence-electron chi connectivity index (χ2n) is 3.97. The molecule has 99 valence electrons. The minimum absolute atomic E-state index is 0.00702. The van der Waals surface area contributed by atoms with Crippen molar-refractivity contribution < 1.29 is 23.9 Å². The molecular formula is C10H14N3O5. The molecule has 0 spiro atoms. The van der Waals surface area contributed by atoms with E-state index in [1.54, 1.807) is 0 Å². The number of amides is 4. The largest absolute Gasteiger partial charge is 0.447 e. The number of carbonyl (C=O) groups excluding carboxylic acids is 3. The van der Waals surface area contributed by atoms with Crippen LogP contribution in [0, 0.1) is 6.04 Å². The van der Waals surface area contributed by atoms with E-state index < -0.39 is 24.1 Å². The lowest BCUT2D eigenvalue weighted by Gasteiger charge is -2.23. The highest BCUT2D eigenvalue weighted by atomic mass is 16.6. The molecule has 0 saturated carbocycles. The first-order valence-corrected chi connectivity index (χ1v) is 5.43. The van der Waals surface area contributed by atoms with E-state index in [2.05, 4.69) is 5.32 Å². The van der Waals surface area contributed by atoms with E-state index in [0.717, 1.165) is 4.90 Å². The second-order valence-corrected chi connectivity index (χ2v) is 3.97. The molecule has 8 nitrogen and oxygen atoms in total. The summed E-state index contributed by atoms with van der Waals surface area (Å²) in [7, 11) is 2.90. The highest BCUT2D eigenvalue weighted by molar-refractivity contribution is 6.05. The zero-order valence-corrected chi connectivity index (χ0v) is 10.1. The van der Waals surface area contributed by atoms with E-state index in [-0.39, 0.29) is 13.2 Å². The van der Waals surface area contributed by atoms with Crippen molar-refractivity contribution in [2.45, 2.75) is 6.04 Å². The minimum atomic E-state index is -0.828. The van der Waals surface area contributed by atoms with Gasteiger partial charge in [-0.3, -0.25) is 14.6 Å². The minimum Gasteiger partial charge on any atom is -0.447 e. The third kappa shape index (κ3) is 1.99. The molecular weight excluding hydrogens is 242 g/mol. The lowest BCUT2D eigenvalue weighted by Crippen LogP contribution is -2.45. The molecule has 1 atom stereocenters. The molecule has 0 aromatic heterocycles. The van der Waals surface area contributed by atoms with E-state index in [1.807, 2.05) is 0 Å². The fourth-order valence-corrected chi connectivity index (χ4v) is 1.87. The molecule has 0 aliphatic carbocycles. The van der Waals surface area contributed by atoms with Crippen molar-refractivity contribution in [2.75, 3.05) is 33.9 Å². The van der Waals surface area contributed by atoms with Crippen molar-refractivity contribution in [3.05, 3.63) is 6.04 Å². The van der Waals surface area contributed by atoms with Crippen LogP contribution >= 0.6 is 0 Å². The fraction of sp³-hybridized carbons (Fsp3) is 0.600. The van der Waals surface area contributed by atoms with E-state index in [9.17, 15) is 14.4 Å². The average Bonchev–Trinajstić information content (AvgIpc) is 2.83. The molecule has 2 aliphatic rings. The Labute approximate surface area is 104 Å². The lowest BCUT2D eigenvalue weighted by molar-refractivity contribution is -0.126. The molecule has 1 N–H and O–H groups in total. The summed E-state index contributed by atoms with van der Waals surface area (Å²) in [4.78, 5) is 37.0. The Balaban J connectivity index is 2.10. The van der Waals surface area contributed by atoms with Crippen LogP contribution in [0.1, 0.15) is 0 Å². The van der Waals surface area contributed by atoms with Gasteiger partial charge in [0.05, 0.1) is 6.61 Å². The van der Waals surface area contributed by atoms with E-state index in [4.69, 9.17) is 9.47 Å². The summed E-state index contributed by atoms with van der Waals surface area (Å²) in [5.41, 5.74) is 0. The van der Waals surface area contributed by atoms with Crippen LogP contribution in [0.3, 0.4) is 0 Å². The maximum atomic E-state index is 11.8. The first-order chi connectivity index (χ1) is 8.56. The summed E-state index contributed by atoms with van der Waals surface area (Å²) in [5, 5.41) is 2.51. The fourth-order valence-electron chi connectivity index (χ4n) is 1.87. The SMILES string of the molecule is COCCN1[C](C2NC(=O)N(C)C2=O)COC1=O. The normalized spacial score (nSPS) is 24.8. The number of methoxy groups -OCH3 is 1. The van der Waals surface area contributed by atoms with Gasteiger partial charge in [0.2, 0.25) is 0 Å². The van der Waals surface area contributed by atoms with Crippen LogP contribution in [0.25, 0.3) is 0 Å². The number of urea groups is 1. The van der Waals surface area contributed by atoms with Gasteiger partial charge in [-0.2, -0.15) is 0 Å². The van der Waals surface area contributed by atoms with Crippen molar-refractivity contribution in [3.63, 3.8) is 0 Å². The number of hydrogen-bond acceptors (Lipinski definition) is 5. The van der Waals surface area contributed by atoms with Gasteiger partial charge in [0.25, 0.3) is 5.91 Å². The van der Waals surface area contributed by atoms with Crippen LogP contribution in [0.4, 0.5) is 9.59 Å². The zero-order valence-electron chi connectivity index (χ0n) is 10.1. The number of imide groups is 1. The molecule has 1 radical (unpaired) electrons. The molecule has 2 rings (SSSR count). The van der Waals surface area contributed by atoms with Gasteiger partial charge in [-0.05, 0) is 0 Å². The van der Waals surface area contributed by atoms with Crippen molar-refractivity contribution >= 4 is 18.0 Å². The Morgan fingerprint density at radius 1 is 1.44 bits per heavy atom. The number of likely N-dealkylation sites (N-methyl/N-ethyl adjacent to an activating group) is 1. The van der Waals surface area contributed by atoms with E-state index in [1.165, 1.54) is 19.1 Å². The van der Waals surface area contributed by atoms with Crippen LogP contribution in [0.5, 0.6) is 0 Å². The van der Waals surface area contributed by atoms with Crippen molar-refractivity contribution in [3.8, 4) is 0 Å². The quantitative estimate of drug-likeness (QED) is 0.663. The number of cyclic esters (lactones) is 1. The van der Waals surface area contributed by atoms with Gasteiger partial charge in [-0.1, -0.05) is 0 Å². The molecule has 2 saturated heterocycles. The monoisotopic (exact) mass is 256 g/mol. The van der Waals surface area contributed by atoms with Gasteiger partial charge in [-0.25, -0.2) is 9.59 Å². The van der Waals surface area contributed by atoms with Gasteiger partial charge in [-0.15, -0.1) is 0 Å². The van der Waals surface area contributed by atoms with Gasteiger partial charge < -0.3 is 14.8 Å². The second kappa shape index (κ2) is 4.81. The molecule has 4 amide bonds. The first-order valence-electron chi connectivity index (χ1n) is 5.43. The van der Waals surface area contributed by atoms with Crippen molar-refractivity contribution in [1.29, 1.82) is 0 Å². The Hall–Kier alpha value is -1.83. The summed E-state index contributed by atoms with van der Waals surface area (Å²) in [6, 6.07) is -0.867. The molecule has 0 aromatic carbocycles. The highest BCUT2D eigenvalue weighted by Crippen LogP contribution is 2.25. The van der Waals surface area contributed by atoms with Gasteiger partial charge in [0.15, 0.2) is 0 Å². The highest BCUT2D eigenvalue weighted by Gasteiger charge is 2.48. The molecule has 0 aromatic rings. The number of rotatable bonds is 4. The van der Waals surface area contributed by atoms with Gasteiger partial charge in [0.1, 0.15) is 18.7 Å². The Morgan fingerprint density at radius 3 is 2.72 bits per heavy atom. The smallest absolute Gasteiger partial charge is 0.410 e. The van der Waals surface area contributed by atoms with Crippen molar-refractivity contribution in [2.24, 2.45) is 0 Å². The predicted octanol–water partition coefficient (Wildman–Crippen LogP) is -0.833. The summed E-state index contributed by atoms with van der Waals surface area (Å²) >= 11 is 0. The molecule has 1 unspecified atom stereocenters. The maximum absolute atomic E-state index is 11.8. The predicted molar refractivity (Wildman–Crippen MR) is 58.3 cm³/mol. The Bertz CT molecular complexity index is 386. The lowest BCUT2D eigenvalue weighted by atomic mass is 10.1. The number of nitrogens with one attached hydrogen (secondary N) is 1.